The molecule has 38 heavy (non-hydrogen) atoms. The van der Waals surface area contributed by atoms with E-state index in [9.17, 15) is 18.8 Å². The Labute approximate surface area is 219 Å². The van der Waals surface area contributed by atoms with Crippen molar-refractivity contribution in [3.63, 3.8) is 0 Å². The molecule has 0 radical (unpaired) electrons. The van der Waals surface area contributed by atoms with Crippen molar-refractivity contribution in [2.24, 2.45) is 0 Å². The number of halogens is 1. The van der Waals surface area contributed by atoms with E-state index in [1.54, 1.807) is 31.2 Å². The molecule has 1 aromatic heterocycles. The summed E-state index contributed by atoms with van der Waals surface area (Å²) in [5.74, 6) is -1.49. The first-order chi connectivity index (χ1) is 18.3. The smallest absolute Gasteiger partial charge is 0.322 e. The molecule has 0 atom stereocenters. The molecule has 0 spiro atoms. The van der Waals surface area contributed by atoms with Crippen LogP contribution in [-0.4, -0.2) is 59.0 Å². The van der Waals surface area contributed by atoms with Gasteiger partial charge in [-0.15, -0.1) is 5.10 Å². The Morgan fingerprint density at radius 1 is 0.895 bits per heavy atom. The molecule has 1 aliphatic carbocycles. The molecular formula is C27H29FN6O4. The van der Waals surface area contributed by atoms with Crippen LogP contribution in [0.15, 0.2) is 52.9 Å². The van der Waals surface area contributed by atoms with E-state index in [1.807, 2.05) is 17.0 Å². The number of carbonyl (C=O) groups excluding carboxylic acids is 3. The first-order valence-corrected chi connectivity index (χ1v) is 12.7. The van der Waals surface area contributed by atoms with E-state index in [4.69, 9.17) is 4.42 Å². The van der Waals surface area contributed by atoms with Crippen molar-refractivity contribution in [3.05, 3.63) is 65.8 Å². The third-order valence-corrected chi connectivity index (χ3v) is 7.34. The van der Waals surface area contributed by atoms with Crippen LogP contribution in [0, 0.1) is 5.82 Å². The van der Waals surface area contributed by atoms with Crippen LogP contribution in [-0.2, 0) is 15.0 Å². The third-order valence-electron chi connectivity index (χ3n) is 7.34. The Bertz CT molecular complexity index is 1310. The molecule has 0 unspecified atom stereocenters. The average molecular weight is 521 g/mol. The minimum absolute atomic E-state index is 0.0809. The van der Waals surface area contributed by atoms with Crippen LogP contribution in [0.4, 0.5) is 21.8 Å². The number of nitrogens with one attached hydrogen (secondary N) is 2. The molecule has 10 nitrogen and oxygen atoms in total. The Morgan fingerprint density at radius 3 is 2.18 bits per heavy atom. The first kappa shape index (κ1) is 25.4. The largest absolute Gasteiger partial charge is 0.399 e. The average Bonchev–Trinajstić information content (AvgIpc) is 3.61. The molecule has 1 saturated heterocycles. The highest BCUT2D eigenvalue weighted by atomic mass is 19.1. The van der Waals surface area contributed by atoms with E-state index in [2.05, 4.69) is 25.7 Å². The molecule has 0 bridgehead atoms. The monoisotopic (exact) mass is 520 g/mol. The van der Waals surface area contributed by atoms with Gasteiger partial charge in [0.1, 0.15) is 5.82 Å². The molecule has 3 amide bonds. The van der Waals surface area contributed by atoms with Gasteiger partial charge in [0.2, 0.25) is 11.8 Å². The molecule has 11 heteroatoms. The summed E-state index contributed by atoms with van der Waals surface area (Å²) in [5.41, 5.74) is 1.46. The van der Waals surface area contributed by atoms with Crippen LogP contribution in [0.5, 0.6) is 0 Å². The zero-order chi connectivity index (χ0) is 26.7. The van der Waals surface area contributed by atoms with Crippen molar-refractivity contribution >= 4 is 35.1 Å². The lowest BCUT2D eigenvalue weighted by molar-refractivity contribution is -0.129. The maximum atomic E-state index is 13.4. The van der Waals surface area contributed by atoms with Gasteiger partial charge in [-0.3, -0.25) is 19.7 Å². The lowest BCUT2D eigenvalue weighted by Gasteiger charge is -2.35. The number of hydrogen-bond donors (Lipinski definition) is 2. The number of hydrogen-bond acceptors (Lipinski definition) is 7. The standard InChI is InChI=1S/C27H29FN6O4/c1-18(35)33-14-16-34(17-15-33)22-10-8-21(9-11-22)29-23(36)24-31-32-26(38-24)30-25(37)27(12-2-3-13-27)19-4-6-20(28)7-5-19/h4-11H,2-3,12-17H2,1H3,(H,29,36)(H,30,32,37). The second-order valence-electron chi connectivity index (χ2n) is 9.66. The molecule has 1 aliphatic heterocycles. The van der Waals surface area contributed by atoms with Crippen LogP contribution < -0.4 is 15.5 Å². The van der Waals surface area contributed by atoms with Gasteiger partial charge in [0.05, 0.1) is 5.41 Å². The zero-order valence-corrected chi connectivity index (χ0v) is 21.1. The van der Waals surface area contributed by atoms with Crippen LogP contribution in [0.1, 0.15) is 48.9 Å². The molecule has 2 heterocycles. The SMILES string of the molecule is CC(=O)N1CCN(c2ccc(NC(=O)c3nnc(NC(=O)C4(c5ccc(F)cc5)CCCC4)o3)cc2)CC1. The fraction of sp³-hybridized carbons (Fsp3) is 0.370. The van der Waals surface area contributed by atoms with Crippen molar-refractivity contribution in [3.8, 4) is 0 Å². The van der Waals surface area contributed by atoms with Gasteiger partial charge < -0.3 is 19.5 Å². The van der Waals surface area contributed by atoms with Gasteiger partial charge in [-0.05, 0) is 54.8 Å². The zero-order valence-electron chi connectivity index (χ0n) is 21.1. The molecule has 198 valence electrons. The van der Waals surface area contributed by atoms with Crippen LogP contribution in [0.3, 0.4) is 0 Å². The van der Waals surface area contributed by atoms with E-state index in [-0.39, 0.29) is 29.5 Å². The quantitative estimate of drug-likeness (QED) is 0.510. The van der Waals surface area contributed by atoms with Gasteiger partial charge in [-0.1, -0.05) is 30.1 Å². The van der Waals surface area contributed by atoms with Crippen molar-refractivity contribution in [1.82, 2.24) is 15.1 Å². The van der Waals surface area contributed by atoms with E-state index in [0.29, 0.717) is 31.6 Å². The summed E-state index contributed by atoms with van der Waals surface area (Å²) < 4.78 is 18.9. The van der Waals surface area contributed by atoms with Crippen molar-refractivity contribution in [2.45, 2.75) is 38.0 Å². The summed E-state index contributed by atoms with van der Waals surface area (Å²) in [6, 6.07) is 13.1. The Kier molecular flexibility index (Phi) is 7.08. The summed E-state index contributed by atoms with van der Waals surface area (Å²) in [6.07, 6.45) is 2.98. The molecular weight excluding hydrogens is 491 g/mol. The van der Waals surface area contributed by atoms with Gasteiger partial charge >= 0.3 is 17.8 Å². The second-order valence-corrected chi connectivity index (χ2v) is 9.66. The van der Waals surface area contributed by atoms with Crippen molar-refractivity contribution in [2.75, 3.05) is 41.7 Å². The highest BCUT2D eigenvalue weighted by molar-refractivity contribution is 6.01. The Balaban J connectivity index is 1.20. The van der Waals surface area contributed by atoms with E-state index in [1.165, 1.54) is 12.1 Å². The molecule has 5 rings (SSSR count). The minimum atomic E-state index is -0.814. The summed E-state index contributed by atoms with van der Waals surface area (Å²) >= 11 is 0. The number of carbonyl (C=O) groups is 3. The lowest BCUT2D eigenvalue weighted by atomic mass is 9.78. The van der Waals surface area contributed by atoms with Crippen LogP contribution in [0.25, 0.3) is 0 Å². The normalized spacial score (nSPS) is 16.8. The summed E-state index contributed by atoms with van der Waals surface area (Å²) in [7, 11) is 0. The van der Waals surface area contributed by atoms with E-state index >= 15 is 0 Å². The summed E-state index contributed by atoms with van der Waals surface area (Å²) in [4.78, 5) is 41.4. The van der Waals surface area contributed by atoms with Crippen LogP contribution >= 0.6 is 0 Å². The maximum Gasteiger partial charge on any atom is 0.322 e. The number of amides is 3. The number of piperazine rings is 1. The second kappa shape index (κ2) is 10.6. The fourth-order valence-electron chi connectivity index (χ4n) is 5.20. The van der Waals surface area contributed by atoms with Gasteiger partial charge in [0.15, 0.2) is 0 Å². The van der Waals surface area contributed by atoms with Gasteiger partial charge in [0.25, 0.3) is 0 Å². The summed E-state index contributed by atoms with van der Waals surface area (Å²) in [6.45, 7) is 4.41. The predicted molar refractivity (Wildman–Crippen MR) is 138 cm³/mol. The fourth-order valence-corrected chi connectivity index (χ4v) is 5.20. The van der Waals surface area contributed by atoms with Crippen molar-refractivity contribution in [1.29, 1.82) is 0 Å². The lowest BCUT2D eigenvalue weighted by Crippen LogP contribution is -2.48. The minimum Gasteiger partial charge on any atom is -0.399 e. The predicted octanol–water partition coefficient (Wildman–Crippen LogP) is 3.58. The molecule has 2 fully saturated rings. The maximum absolute atomic E-state index is 13.4. The van der Waals surface area contributed by atoms with Crippen molar-refractivity contribution < 1.29 is 23.2 Å². The molecule has 1 saturated carbocycles. The highest BCUT2D eigenvalue weighted by Crippen LogP contribution is 2.42. The third kappa shape index (κ3) is 5.22. The molecule has 2 N–H and O–H groups in total. The van der Waals surface area contributed by atoms with Crippen LogP contribution in [0.2, 0.25) is 0 Å². The van der Waals surface area contributed by atoms with Gasteiger partial charge in [-0.2, -0.15) is 0 Å². The summed E-state index contributed by atoms with van der Waals surface area (Å²) in [5, 5.41) is 13.0. The Hall–Kier alpha value is -4.28. The Morgan fingerprint density at radius 2 is 1.55 bits per heavy atom. The van der Waals surface area contributed by atoms with Gasteiger partial charge in [-0.25, -0.2) is 4.39 Å². The topological polar surface area (TPSA) is 121 Å². The first-order valence-electron chi connectivity index (χ1n) is 12.7. The number of anilines is 3. The number of nitrogens with zero attached hydrogens (tertiary/aromatic N) is 4. The molecule has 2 aromatic carbocycles. The molecule has 3 aromatic rings. The number of rotatable bonds is 6. The van der Waals surface area contributed by atoms with E-state index in [0.717, 1.165) is 37.2 Å². The van der Waals surface area contributed by atoms with E-state index < -0.39 is 11.3 Å². The highest BCUT2D eigenvalue weighted by Gasteiger charge is 2.43. The van der Waals surface area contributed by atoms with Gasteiger partial charge in [0, 0.05) is 44.5 Å². The number of aromatic nitrogens is 2. The molecule has 2 aliphatic rings. The number of benzene rings is 2.